The Bertz CT molecular complexity index is 873. The number of hydrazone groups is 1. The van der Waals surface area contributed by atoms with Gasteiger partial charge in [-0.3, -0.25) is 4.79 Å². The summed E-state index contributed by atoms with van der Waals surface area (Å²) in [7, 11) is 0. The lowest BCUT2D eigenvalue weighted by molar-refractivity contribution is 0.0950. The van der Waals surface area contributed by atoms with Crippen LogP contribution in [0.25, 0.3) is 10.6 Å². The second-order valence-corrected chi connectivity index (χ2v) is 7.16. The number of rotatable bonds is 4. The third-order valence-electron chi connectivity index (χ3n) is 3.28. The average molecular weight is 400 g/mol. The molecule has 3 aromatic rings. The van der Waals surface area contributed by atoms with E-state index in [1.165, 1.54) is 11.3 Å². The Morgan fingerprint density at radius 3 is 2.58 bits per heavy atom. The molecule has 0 spiro atoms. The molecule has 0 aliphatic heterocycles. The number of aryl methyl sites for hydroxylation is 1. The largest absolute Gasteiger partial charge is 0.291 e. The second-order valence-electron chi connectivity index (χ2n) is 5.04. The summed E-state index contributed by atoms with van der Waals surface area (Å²) in [6.45, 7) is 1.89. The molecule has 1 N–H and O–H groups in total. The molecule has 0 saturated heterocycles. The normalized spacial score (nSPS) is 10.9. The predicted molar refractivity (Wildman–Crippen MR) is 101 cm³/mol. The predicted octanol–water partition coefficient (Wildman–Crippen LogP) is 4.64. The number of hydrogen-bond donors (Lipinski definition) is 1. The van der Waals surface area contributed by atoms with Gasteiger partial charge < -0.3 is 0 Å². The third-order valence-corrected chi connectivity index (χ3v) is 4.83. The quantitative estimate of drug-likeness (QED) is 0.512. The number of nitrogens with one attached hydrogen (secondary N) is 1. The van der Waals surface area contributed by atoms with Gasteiger partial charge in [-0.05, 0) is 24.6 Å². The van der Waals surface area contributed by atoms with Crippen LogP contribution in [0.15, 0.2) is 64.2 Å². The van der Waals surface area contributed by atoms with Crippen LogP contribution in [0, 0.1) is 6.92 Å². The Hall–Kier alpha value is -2.31. The maximum Gasteiger partial charge on any atom is 0.291 e. The van der Waals surface area contributed by atoms with Crippen LogP contribution < -0.4 is 5.43 Å². The van der Waals surface area contributed by atoms with Crippen molar-refractivity contribution in [2.45, 2.75) is 6.92 Å². The minimum Gasteiger partial charge on any atom is -0.266 e. The van der Waals surface area contributed by atoms with Gasteiger partial charge in [0.1, 0.15) is 10.7 Å². The van der Waals surface area contributed by atoms with E-state index in [0.29, 0.717) is 5.69 Å². The number of aromatic nitrogens is 1. The van der Waals surface area contributed by atoms with Crippen molar-refractivity contribution in [3.05, 3.63) is 75.2 Å². The molecule has 1 amide bonds. The number of carbonyl (C=O) groups is 1. The first-order valence-electron chi connectivity index (χ1n) is 7.25. The Balaban J connectivity index is 1.71. The lowest BCUT2D eigenvalue weighted by atomic mass is 10.2. The van der Waals surface area contributed by atoms with Crippen LogP contribution >= 0.6 is 27.3 Å². The summed E-state index contributed by atoms with van der Waals surface area (Å²) in [6.07, 6.45) is 1.60. The third kappa shape index (κ3) is 3.96. The number of amides is 1. The highest BCUT2D eigenvalue weighted by Gasteiger charge is 2.15. The van der Waals surface area contributed by atoms with Crippen LogP contribution in [-0.4, -0.2) is 17.1 Å². The van der Waals surface area contributed by atoms with Crippen LogP contribution in [0.3, 0.4) is 0 Å². The van der Waals surface area contributed by atoms with E-state index in [0.717, 1.165) is 25.5 Å². The van der Waals surface area contributed by atoms with Crippen molar-refractivity contribution in [1.29, 1.82) is 0 Å². The number of thiazole rings is 1. The molecule has 2 aromatic carbocycles. The number of nitrogens with zero attached hydrogens (tertiary/aromatic N) is 2. The summed E-state index contributed by atoms with van der Waals surface area (Å²) < 4.78 is 0.996. The molecular weight excluding hydrogens is 386 g/mol. The van der Waals surface area contributed by atoms with Crippen molar-refractivity contribution in [1.82, 2.24) is 10.4 Å². The summed E-state index contributed by atoms with van der Waals surface area (Å²) in [5, 5.41) is 4.82. The van der Waals surface area contributed by atoms with E-state index in [1.54, 1.807) is 6.21 Å². The zero-order chi connectivity index (χ0) is 16.9. The van der Waals surface area contributed by atoms with Crippen LogP contribution in [-0.2, 0) is 0 Å². The van der Waals surface area contributed by atoms with Gasteiger partial charge in [0.15, 0.2) is 0 Å². The molecule has 0 unspecified atom stereocenters. The minimum atomic E-state index is -0.306. The van der Waals surface area contributed by atoms with Gasteiger partial charge in [-0.25, -0.2) is 10.4 Å². The van der Waals surface area contributed by atoms with Crippen LogP contribution in [0.4, 0.5) is 0 Å². The monoisotopic (exact) mass is 399 g/mol. The fraction of sp³-hybridized carbons (Fsp3) is 0.0556. The molecule has 0 bridgehead atoms. The Labute approximate surface area is 152 Å². The Morgan fingerprint density at radius 1 is 1.17 bits per heavy atom. The zero-order valence-electron chi connectivity index (χ0n) is 12.9. The van der Waals surface area contributed by atoms with Gasteiger partial charge >= 0.3 is 0 Å². The van der Waals surface area contributed by atoms with Crippen LogP contribution in [0.5, 0.6) is 0 Å². The molecule has 6 heteroatoms. The first-order valence-corrected chi connectivity index (χ1v) is 8.86. The minimum absolute atomic E-state index is 0.306. The molecule has 0 radical (unpaired) electrons. The summed E-state index contributed by atoms with van der Waals surface area (Å²) in [4.78, 5) is 17.6. The summed E-state index contributed by atoms with van der Waals surface area (Å²) in [5.41, 5.74) is 4.84. The maximum absolute atomic E-state index is 12.3. The van der Waals surface area contributed by atoms with Gasteiger partial charge in [-0.15, -0.1) is 11.3 Å². The number of hydrogen-bond acceptors (Lipinski definition) is 4. The summed E-state index contributed by atoms with van der Waals surface area (Å²) >= 11 is 4.87. The molecule has 24 heavy (non-hydrogen) atoms. The molecule has 0 aliphatic carbocycles. The highest BCUT2D eigenvalue weighted by Crippen LogP contribution is 2.27. The van der Waals surface area contributed by atoms with E-state index < -0.39 is 0 Å². The summed E-state index contributed by atoms with van der Waals surface area (Å²) in [6, 6.07) is 17.5. The number of carbonyl (C=O) groups excluding carboxylic acids is 1. The van der Waals surface area contributed by atoms with E-state index in [1.807, 2.05) is 61.5 Å². The SMILES string of the molecule is Cc1sc(-c2ccccc2)nc1C(=O)N/N=C\c1ccc(Br)cc1. The fourth-order valence-electron chi connectivity index (χ4n) is 2.08. The highest BCUT2D eigenvalue weighted by atomic mass is 79.9. The van der Waals surface area contributed by atoms with Gasteiger partial charge in [0.2, 0.25) is 0 Å². The lowest BCUT2D eigenvalue weighted by Crippen LogP contribution is -2.18. The van der Waals surface area contributed by atoms with Gasteiger partial charge in [0, 0.05) is 14.9 Å². The van der Waals surface area contributed by atoms with Gasteiger partial charge in [-0.2, -0.15) is 5.10 Å². The van der Waals surface area contributed by atoms with Crippen molar-refractivity contribution in [2.75, 3.05) is 0 Å². The molecule has 1 heterocycles. The van der Waals surface area contributed by atoms with Gasteiger partial charge in [0.25, 0.3) is 5.91 Å². The zero-order valence-corrected chi connectivity index (χ0v) is 15.3. The van der Waals surface area contributed by atoms with Crippen molar-refractivity contribution in [3.8, 4) is 10.6 Å². The average Bonchev–Trinajstić information content (AvgIpc) is 2.99. The number of benzene rings is 2. The van der Waals surface area contributed by atoms with Crippen LogP contribution in [0.2, 0.25) is 0 Å². The Kier molecular flexibility index (Phi) is 5.17. The molecule has 120 valence electrons. The van der Waals surface area contributed by atoms with Crippen molar-refractivity contribution in [3.63, 3.8) is 0 Å². The first-order chi connectivity index (χ1) is 11.6. The van der Waals surface area contributed by atoms with Crippen LogP contribution in [0.1, 0.15) is 20.9 Å². The molecule has 4 nitrogen and oxygen atoms in total. The second kappa shape index (κ2) is 7.51. The smallest absolute Gasteiger partial charge is 0.266 e. The standard InChI is InChI=1S/C18H14BrN3OS/c1-12-16(21-18(24-12)14-5-3-2-4-6-14)17(23)22-20-11-13-7-9-15(19)10-8-13/h2-11H,1H3,(H,22,23)/b20-11-. The van der Waals surface area contributed by atoms with Crippen molar-refractivity contribution in [2.24, 2.45) is 5.10 Å². The first kappa shape index (κ1) is 16.5. The van der Waals surface area contributed by atoms with E-state index in [2.05, 4.69) is 31.4 Å². The molecule has 0 aliphatic rings. The van der Waals surface area contributed by atoms with Crippen molar-refractivity contribution >= 4 is 39.4 Å². The van der Waals surface area contributed by atoms with E-state index in [4.69, 9.17) is 0 Å². The lowest BCUT2D eigenvalue weighted by Gasteiger charge is -1.97. The van der Waals surface area contributed by atoms with Gasteiger partial charge in [-0.1, -0.05) is 58.4 Å². The van der Waals surface area contributed by atoms with Gasteiger partial charge in [0.05, 0.1) is 6.21 Å². The van der Waals surface area contributed by atoms with E-state index in [-0.39, 0.29) is 5.91 Å². The highest BCUT2D eigenvalue weighted by molar-refractivity contribution is 9.10. The molecule has 0 fully saturated rings. The molecule has 0 atom stereocenters. The molecule has 1 aromatic heterocycles. The topological polar surface area (TPSA) is 54.4 Å². The van der Waals surface area contributed by atoms with E-state index >= 15 is 0 Å². The summed E-state index contributed by atoms with van der Waals surface area (Å²) in [5.74, 6) is -0.306. The van der Waals surface area contributed by atoms with Crippen molar-refractivity contribution < 1.29 is 4.79 Å². The maximum atomic E-state index is 12.3. The molecular formula is C18H14BrN3OS. The van der Waals surface area contributed by atoms with E-state index in [9.17, 15) is 4.79 Å². The molecule has 0 saturated carbocycles. The Morgan fingerprint density at radius 2 is 1.88 bits per heavy atom. The molecule has 3 rings (SSSR count). The fourth-order valence-corrected chi connectivity index (χ4v) is 3.26. The number of halogens is 1.